The summed E-state index contributed by atoms with van der Waals surface area (Å²) >= 11 is 0. The van der Waals surface area contributed by atoms with Crippen LogP contribution in [0.15, 0.2) is 18.2 Å². The summed E-state index contributed by atoms with van der Waals surface area (Å²) in [5.74, 6) is 0.683. The summed E-state index contributed by atoms with van der Waals surface area (Å²) in [5, 5.41) is 23.2. The van der Waals surface area contributed by atoms with Crippen LogP contribution in [0.5, 0.6) is 5.75 Å². The maximum atomic E-state index is 10.2. The second-order valence-electron chi connectivity index (χ2n) is 5.24. The van der Waals surface area contributed by atoms with E-state index < -0.39 is 11.7 Å². The van der Waals surface area contributed by atoms with E-state index in [-0.39, 0.29) is 0 Å². The molecular weight excluding hydrogens is 242 g/mol. The van der Waals surface area contributed by atoms with E-state index in [9.17, 15) is 10.2 Å². The minimum absolute atomic E-state index is 0.385. The second-order valence-corrected chi connectivity index (χ2v) is 5.24. The Morgan fingerprint density at radius 3 is 2.68 bits per heavy atom. The first-order valence-corrected chi connectivity index (χ1v) is 6.65. The Bertz CT molecular complexity index is 404. The van der Waals surface area contributed by atoms with Gasteiger partial charge in [0.2, 0.25) is 0 Å². The first-order chi connectivity index (χ1) is 8.89. The summed E-state index contributed by atoms with van der Waals surface area (Å²) in [4.78, 5) is 0. The number of rotatable bonds is 7. The van der Waals surface area contributed by atoms with Crippen LogP contribution in [-0.4, -0.2) is 36.0 Å². The van der Waals surface area contributed by atoms with Crippen LogP contribution in [0.4, 0.5) is 0 Å². The molecule has 1 aromatic rings. The van der Waals surface area contributed by atoms with Gasteiger partial charge >= 0.3 is 0 Å². The van der Waals surface area contributed by atoms with Crippen molar-refractivity contribution in [2.24, 2.45) is 0 Å². The molecule has 3 N–H and O–H groups in total. The Morgan fingerprint density at radius 1 is 1.42 bits per heavy atom. The molecule has 1 aromatic carbocycles. The van der Waals surface area contributed by atoms with E-state index in [1.807, 2.05) is 32.0 Å². The van der Waals surface area contributed by atoms with Gasteiger partial charge in [-0.3, -0.25) is 0 Å². The quantitative estimate of drug-likeness (QED) is 0.705. The summed E-state index contributed by atoms with van der Waals surface area (Å²) in [6.45, 7) is 6.52. The van der Waals surface area contributed by atoms with Crippen molar-refractivity contribution in [3.8, 4) is 5.75 Å². The molecule has 0 saturated heterocycles. The Hall–Kier alpha value is -1.10. The largest absolute Gasteiger partial charge is 0.496 e. The summed E-state index contributed by atoms with van der Waals surface area (Å²) in [6, 6.07) is 5.73. The van der Waals surface area contributed by atoms with Crippen LogP contribution in [0.25, 0.3) is 0 Å². The molecule has 0 aliphatic carbocycles. The van der Waals surface area contributed by atoms with E-state index in [1.165, 1.54) is 0 Å². The lowest BCUT2D eigenvalue weighted by atomic mass is 10.0. The number of aliphatic hydroxyl groups is 2. The molecule has 19 heavy (non-hydrogen) atoms. The van der Waals surface area contributed by atoms with Crippen molar-refractivity contribution in [2.45, 2.75) is 38.9 Å². The predicted molar refractivity (Wildman–Crippen MR) is 76.5 cm³/mol. The standard InChI is InChI=1S/C15H25NO3/c1-5-15(3,18)10-16-9-13(17)12-8-11(2)6-7-14(12)19-4/h6-8,13,16-18H,5,9-10H2,1-4H3. The molecule has 4 heteroatoms. The molecule has 0 fully saturated rings. The van der Waals surface area contributed by atoms with E-state index in [0.29, 0.717) is 25.3 Å². The van der Waals surface area contributed by atoms with Gasteiger partial charge in [0.25, 0.3) is 0 Å². The maximum Gasteiger partial charge on any atom is 0.124 e. The summed E-state index contributed by atoms with van der Waals surface area (Å²) in [6.07, 6.45) is 0.0200. The predicted octanol–water partition coefficient (Wildman–Crippen LogP) is 1.79. The average molecular weight is 267 g/mol. The van der Waals surface area contributed by atoms with Crippen LogP contribution in [0.2, 0.25) is 0 Å². The molecule has 0 bridgehead atoms. The third-order valence-corrected chi connectivity index (χ3v) is 3.35. The number of methoxy groups -OCH3 is 1. The van der Waals surface area contributed by atoms with Gasteiger partial charge in [-0.25, -0.2) is 0 Å². The highest BCUT2D eigenvalue weighted by Crippen LogP contribution is 2.25. The zero-order chi connectivity index (χ0) is 14.5. The molecule has 0 aromatic heterocycles. The van der Waals surface area contributed by atoms with Gasteiger partial charge < -0.3 is 20.3 Å². The average Bonchev–Trinajstić information content (AvgIpc) is 2.38. The van der Waals surface area contributed by atoms with Crippen LogP contribution in [0.3, 0.4) is 0 Å². The van der Waals surface area contributed by atoms with Crippen LogP contribution >= 0.6 is 0 Å². The fourth-order valence-corrected chi connectivity index (χ4v) is 1.83. The molecule has 0 aliphatic heterocycles. The summed E-state index contributed by atoms with van der Waals surface area (Å²) in [5.41, 5.74) is 1.11. The molecule has 0 spiro atoms. The summed E-state index contributed by atoms with van der Waals surface area (Å²) < 4.78 is 5.25. The van der Waals surface area contributed by atoms with Gasteiger partial charge in [0.15, 0.2) is 0 Å². The Morgan fingerprint density at radius 2 is 2.11 bits per heavy atom. The van der Waals surface area contributed by atoms with E-state index >= 15 is 0 Å². The zero-order valence-corrected chi connectivity index (χ0v) is 12.2. The van der Waals surface area contributed by atoms with Gasteiger partial charge in [0, 0.05) is 18.7 Å². The number of hydrogen-bond acceptors (Lipinski definition) is 4. The van der Waals surface area contributed by atoms with Gasteiger partial charge in [0.1, 0.15) is 5.75 Å². The number of hydrogen-bond donors (Lipinski definition) is 3. The normalized spacial score (nSPS) is 15.9. The highest BCUT2D eigenvalue weighted by atomic mass is 16.5. The Balaban J connectivity index is 2.63. The third-order valence-electron chi connectivity index (χ3n) is 3.35. The molecule has 2 atom stereocenters. The lowest BCUT2D eigenvalue weighted by Crippen LogP contribution is -2.38. The Kier molecular flexibility index (Phi) is 5.79. The van der Waals surface area contributed by atoms with Gasteiger partial charge in [-0.15, -0.1) is 0 Å². The van der Waals surface area contributed by atoms with Gasteiger partial charge in [-0.2, -0.15) is 0 Å². The fourth-order valence-electron chi connectivity index (χ4n) is 1.83. The first-order valence-electron chi connectivity index (χ1n) is 6.65. The minimum atomic E-state index is -0.740. The molecule has 2 unspecified atom stereocenters. The van der Waals surface area contributed by atoms with Gasteiger partial charge in [-0.1, -0.05) is 18.6 Å². The number of nitrogens with one attached hydrogen (secondary N) is 1. The van der Waals surface area contributed by atoms with Crippen LogP contribution < -0.4 is 10.1 Å². The second kappa shape index (κ2) is 6.89. The van der Waals surface area contributed by atoms with Crippen molar-refractivity contribution >= 4 is 0 Å². The highest BCUT2D eigenvalue weighted by Gasteiger charge is 2.18. The Labute approximate surface area is 115 Å². The molecule has 0 radical (unpaired) electrons. The molecule has 4 nitrogen and oxygen atoms in total. The lowest BCUT2D eigenvalue weighted by Gasteiger charge is -2.23. The first kappa shape index (κ1) is 16.0. The van der Waals surface area contributed by atoms with Crippen LogP contribution in [0.1, 0.15) is 37.5 Å². The number of aliphatic hydroxyl groups excluding tert-OH is 1. The van der Waals surface area contributed by atoms with Crippen LogP contribution in [0, 0.1) is 6.92 Å². The molecule has 0 aliphatic rings. The van der Waals surface area contributed by atoms with Crippen molar-refractivity contribution in [2.75, 3.05) is 20.2 Å². The topological polar surface area (TPSA) is 61.7 Å². The highest BCUT2D eigenvalue weighted by molar-refractivity contribution is 5.38. The third kappa shape index (κ3) is 4.82. The minimum Gasteiger partial charge on any atom is -0.496 e. The molecule has 108 valence electrons. The zero-order valence-electron chi connectivity index (χ0n) is 12.2. The monoisotopic (exact) mass is 267 g/mol. The van der Waals surface area contributed by atoms with Crippen molar-refractivity contribution in [3.63, 3.8) is 0 Å². The smallest absolute Gasteiger partial charge is 0.124 e. The van der Waals surface area contributed by atoms with E-state index in [2.05, 4.69) is 5.32 Å². The molecule has 1 rings (SSSR count). The van der Waals surface area contributed by atoms with Gasteiger partial charge in [-0.05, 0) is 32.4 Å². The van der Waals surface area contributed by atoms with Crippen molar-refractivity contribution in [1.82, 2.24) is 5.32 Å². The number of benzene rings is 1. The number of ether oxygens (including phenoxy) is 1. The van der Waals surface area contributed by atoms with E-state index in [0.717, 1.165) is 11.1 Å². The lowest BCUT2D eigenvalue weighted by molar-refractivity contribution is 0.0514. The van der Waals surface area contributed by atoms with Crippen molar-refractivity contribution in [1.29, 1.82) is 0 Å². The molecule has 0 saturated carbocycles. The molecular formula is C15H25NO3. The maximum absolute atomic E-state index is 10.2. The van der Waals surface area contributed by atoms with Gasteiger partial charge in [0.05, 0.1) is 18.8 Å². The fraction of sp³-hybridized carbons (Fsp3) is 0.600. The molecule has 0 heterocycles. The van der Waals surface area contributed by atoms with Crippen LogP contribution in [-0.2, 0) is 0 Å². The van der Waals surface area contributed by atoms with Crippen molar-refractivity contribution < 1.29 is 14.9 Å². The van der Waals surface area contributed by atoms with Crippen molar-refractivity contribution in [3.05, 3.63) is 29.3 Å². The van der Waals surface area contributed by atoms with E-state index in [4.69, 9.17) is 4.74 Å². The summed E-state index contributed by atoms with van der Waals surface area (Å²) in [7, 11) is 1.59. The molecule has 0 amide bonds. The number of aryl methyl sites for hydroxylation is 1. The SMILES string of the molecule is CCC(C)(O)CNCC(O)c1cc(C)ccc1OC. The van der Waals surface area contributed by atoms with E-state index in [1.54, 1.807) is 14.0 Å².